The second-order valence-corrected chi connectivity index (χ2v) is 6.45. The third-order valence-electron chi connectivity index (χ3n) is 4.85. The summed E-state index contributed by atoms with van der Waals surface area (Å²) >= 11 is 0. The van der Waals surface area contributed by atoms with E-state index < -0.39 is 0 Å². The van der Waals surface area contributed by atoms with Crippen LogP contribution >= 0.6 is 0 Å². The average molecular weight is 389 g/mol. The Morgan fingerprint density at radius 2 is 2.03 bits per heavy atom. The van der Waals surface area contributed by atoms with Gasteiger partial charge in [-0.15, -0.1) is 5.10 Å². The number of ether oxygens (including phenoxy) is 1. The number of aromatic nitrogens is 7. The molecule has 0 aliphatic heterocycles. The molecule has 8 nitrogen and oxygen atoms in total. The van der Waals surface area contributed by atoms with Gasteiger partial charge in [-0.25, -0.2) is 14.4 Å². The van der Waals surface area contributed by atoms with Gasteiger partial charge in [0.1, 0.15) is 11.3 Å². The molecule has 144 valence electrons. The first-order valence-electron chi connectivity index (χ1n) is 9.04. The number of hydrogen-bond acceptors (Lipinski definition) is 6. The van der Waals surface area contributed by atoms with Gasteiger partial charge < -0.3 is 9.30 Å². The number of imidazole rings is 2. The highest BCUT2D eigenvalue weighted by molar-refractivity contribution is 5.90. The Kier molecular flexibility index (Phi) is 3.94. The number of aryl methyl sites for hydroxylation is 1. The Morgan fingerprint density at radius 3 is 2.86 bits per heavy atom. The molecule has 0 N–H and O–H groups in total. The Labute approximate surface area is 164 Å². The van der Waals surface area contributed by atoms with Crippen molar-refractivity contribution in [2.24, 2.45) is 0 Å². The fourth-order valence-corrected chi connectivity index (χ4v) is 3.39. The van der Waals surface area contributed by atoms with E-state index in [2.05, 4.69) is 25.1 Å². The molecule has 0 fully saturated rings. The Hall–Kier alpha value is -3.88. The summed E-state index contributed by atoms with van der Waals surface area (Å²) in [5.41, 5.74) is 3.84. The highest BCUT2D eigenvalue weighted by atomic mass is 19.1. The average Bonchev–Trinajstić information content (AvgIpc) is 3.39. The quantitative estimate of drug-likeness (QED) is 0.469. The molecule has 0 unspecified atom stereocenters. The molecule has 4 heterocycles. The summed E-state index contributed by atoms with van der Waals surface area (Å²) < 4.78 is 23.9. The maximum Gasteiger partial charge on any atom is 0.237 e. The molecule has 0 aliphatic rings. The molecule has 1 aromatic carbocycles. The molecular formula is C20H16FN7O. The van der Waals surface area contributed by atoms with E-state index >= 15 is 0 Å². The zero-order valence-electron chi connectivity index (χ0n) is 15.7. The van der Waals surface area contributed by atoms with Crippen molar-refractivity contribution in [3.8, 4) is 28.1 Å². The highest BCUT2D eigenvalue weighted by Gasteiger charge is 2.17. The van der Waals surface area contributed by atoms with E-state index in [1.54, 1.807) is 47.6 Å². The van der Waals surface area contributed by atoms with Crippen molar-refractivity contribution in [2.45, 2.75) is 13.5 Å². The lowest BCUT2D eigenvalue weighted by Crippen LogP contribution is -1.99. The predicted molar refractivity (Wildman–Crippen MR) is 105 cm³/mol. The van der Waals surface area contributed by atoms with Crippen LogP contribution in [0, 0.1) is 5.82 Å². The van der Waals surface area contributed by atoms with Crippen molar-refractivity contribution >= 4 is 16.9 Å². The largest absolute Gasteiger partial charge is 0.480 e. The van der Waals surface area contributed by atoms with Crippen LogP contribution in [0.25, 0.3) is 39.2 Å². The molecule has 0 radical (unpaired) electrons. The van der Waals surface area contributed by atoms with E-state index in [1.165, 1.54) is 13.2 Å². The SMILES string of the molecule is CCn1cnc2c(-c3ccc(F)c(-c4cn5ccnc5nc4OC)c3)cnnc21. The highest BCUT2D eigenvalue weighted by Crippen LogP contribution is 2.35. The molecular weight excluding hydrogens is 373 g/mol. The van der Waals surface area contributed by atoms with Crippen molar-refractivity contribution in [3.63, 3.8) is 0 Å². The first-order valence-corrected chi connectivity index (χ1v) is 9.04. The number of benzene rings is 1. The van der Waals surface area contributed by atoms with Crippen LogP contribution < -0.4 is 4.74 Å². The number of methoxy groups -OCH3 is 1. The zero-order valence-corrected chi connectivity index (χ0v) is 15.7. The van der Waals surface area contributed by atoms with Crippen LogP contribution in [-0.2, 0) is 6.54 Å². The minimum atomic E-state index is -0.384. The molecule has 0 amide bonds. The number of rotatable bonds is 4. The first-order chi connectivity index (χ1) is 14.2. The van der Waals surface area contributed by atoms with Crippen LogP contribution in [0.2, 0.25) is 0 Å². The van der Waals surface area contributed by atoms with Gasteiger partial charge in [-0.2, -0.15) is 10.1 Å². The lowest BCUT2D eigenvalue weighted by Gasteiger charge is -2.11. The summed E-state index contributed by atoms with van der Waals surface area (Å²) in [6.07, 6.45) is 8.50. The van der Waals surface area contributed by atoms with Gasteiger partial charge >= 0.3 is 0 Å². The summed E-state index contributed by atoms with van der Waals surface area (Å²) in [6, 6.07) is 4.88. The Bertz CT molecular complexity index is 1360. The van der Waals surface area contributed by atoms with Crippen molar-refractivity contribution in [2.75, 3.05) is 7.11 Å². The van der Waals surface area contributed by atoms with Crippen molar-refractivity contribution in [3.05, 3.63) is 55.1 Å². The Morgan fingerprint density at radius 1 is 1.14 bits per heavy atom. The molecule has 5 rings (SSSR count). The maximum absolute atomic E-state index is 14.8. The molecule has 0 atom stereocenters. The van der Waals surface area contributed by atoms with Gasteiger partial charge in [-0.3, -0.25) is 4.40 Å². The molecule has 0 saturated heterocycles. The predicted octanol–water partition coefficient (Wildman–Crippen LogP) is 3.37. The summed E-state index contributed by atoms with van der Waals surface area (Å²) in [5, 5.41) is 8.30. The van der Waals surface area contributed by atoms with E-state index in [0.29, 0.717) is 28.4 Å². The van der Waals surface area contributed by atoms with Crippen molar-refractivity contribution in [1.82, 2.24) is 34.1 Å². The lowest BCUT2D eigenvalue weighted by molar-refractivity contribution is 0.399. The number of halogens is 1. The third kappa shape index (κ3) is 2.70. The van der Waals surface area contributed by atoms with Crippen LogP contribution in [0.3, 0.4) is 0 Å². The zero-order chi connectivity index (χ0) is 20.0. The summed E-state index contributed by atoms with van der Waals surface area (Å²) in [6.45, 7) is 2.74. The molecule has 0 saturated carbocycles. The van der Waals surface area contributed by atoms with Crippen LogP contribution in [-0.4, -0.2) is 41.2 Å². The molecule has 0 bridgehead atoms. The van der Waals surface area contributed by atoms with Crippen LogP contribution in [0.1, 0.15) is 6.92 Å². The van der Waals surface area contributed by atoms with E-state index in [0.717, 1.165) is 23.2 Å². The molecule has 9 heteroatoms. The standard InChI is InChI=1S/C20H16FN7O/c1-3-27-11-23-17-14(9-24-26-18(17)27)12-4-5-16(21)13(8-12)15-10-28-7-6-22-20(28)25-19(15)29-2/h4-11H,3H2,1-2H3. The minimum Gasteiger partial charge on any atom is -0.480 e. The van der Waals surface area contributed by atoms with Crippen LogP contribution in [0.15, 0.2) is 49.3 Å². The van der Waals surface area contributed by atoms with Gasteiger partial charge in [0.05, 0.1) is 25.2 Å². The molecule has 0 aliphatic carbocycles. The van der Waals surface area contributed by atoms with E-state index in [-0.39, 0.29) is 5.82 Å². The second kappa shape index (κ2) is 6.62. The number of hydrogen-bond donors (Lipinski definition) is 0. The second-order valence-electron chi connectivity index (χ2n) is 6.45. The summed E-state index contributed by atoms with van der Waals surface area (Å²) in [7, 11) is 1.50. The monoisotopic (exact) mass is 389 g/mol. The van der Waals surface area contributed by atoms with Crippen molar-refractivity contribution in [1.29, 1.82) is 0 Å². The third-order valence-corrected chi connectivity index (χ3v) is 4.85. The van der Waals surface area contributed by atoms with Crippen LogP contribution in [0.4, 0.5) is 4.39 Å². The lowest BCUT2D eigenvalue weighted by atomic mass is 10.0. The van der Waals surface area contributed by atoms with Crippen LogP contribution in [0.5, 0.6) is 5.88 Å². The van der Waals surface area contributed by atoms with Gasteiger partial charge in [0, 0.05) is 36.3 Å². The Balaban J connectivity index is 1.72. The molecule has 29 heavy (non-hydrogen) atoms. The van der Waals surface area contributed by atoms with Gasteiger partial charge in [0.25, 0.3) is 0 Å². The number of nitrogens with zero attached hydrogens (tertiary/aromatic N) is 7. The maximum atomic E-state index is 14.8. The van der Waals surface area contributed by atoms with Crippen molar-refractivity contribution < 1.29 is 9.13 Å². The molecule has 5 aromatic rings. The number of fused-ring (bicyclic) bond motifs is 2. The fourth-order valence-electron chi connectivity index (χ4n) is 3.39. The minimum absolute atomic E-state index is 0.299. The van der Waals surface area contributed by atoms with Gasteiger partial charge in [-0.05, 0) is 24.6 Å². The van der Waals surface area contributed by atoms with Gasteiger partial charge in [0.2, 0.25) is 11.7 Å². The summed E-state index contributed by atoms with van der Waals surface area (Å²) in [4.78, 5) is 13.0. The molecule has 0 spiro atoms. The van der Waals surface area contributed by atoms with E-state index in [9.17, 15) is 4.39 Å². The first kappa shape index (κ1) is 17.2. The van der Waals surface area contributed by atoms with Gasteiger partial charge in [0.15, 0.2) is 5.65 Å². The topological polar surface area (TPSA) is 83.0 Å². The fraction of sp³-hybridized carbons (Fsp3) is 0.150. The molecule has 4 aromatic heterocycles. The smallest absolute Gasteiger partial charge is 0.237 e. The van der Waals surface area contributed by atoms with Gasteiger partial charge in [-0.1, -0.05) is 6.07 Å². The summed E-state index contributed by atoms with van der Waals surface area (Å²) in [5.74, 6) is 0.394. The normalized spacial score (nSPS) is 11.4. The van der Waals surface area contributed by atoms with E-state index in [1.807, 2.05) is 11.5 Å². The van der Waals surface area contributed by atoms with E-state index in [4.69, 9.17) is 4.74 Å².